The van der Waals surface area contributed by atoms with E-state index in [2.05, 4.69) is 16.8 Å². The molecule has 0 bridgehead atoms. The lowest BCUT2D eigenvalue weighted by Crippen LogP contribution is -1.94. The molecule has 1 aromatic carbocycles. The zero-order valence-electron chi connectivity index (χ0n) is 10.9. The van der Waals surface area contributed by atoms with Crippen LogP contribution in [0.2, 0.25) is 0 Å². The van der Waals surface area contributed by atoms with Crippen LogP contribution in [0.1, 0.15) is 29.4 Å². The number of hydrogen-bond acceptors (Lipinski definition) is 3. The summed E-state index contributed by atoms with van der Waals surface area (Å²) < 4.78 is 0. The van der Waals surface area contributed by atoms with E-state index in [4.69, 9.17) is 5.11 Å². The molecule has 20 heavy (non-hydrogen) atoms. The van der Waals surface area contributed by atoms with Crippen LogP contribution in [-0.2, 0) is 4.79 Å². The lowest BCUT2D eigenvalue weighted by molar-refractivity contribution is -0.109. The number of aromatic carboxylic acids is 1. The lowest BCUT2D eigenvalue weighted by atomic mass is 10.1. The highest BCUT2D eigenvalue weighted by Crippen LogP contribution is 2.17. The fourth-order valence-corrected chi connectivity index (χ4v) is 2.23. The van der Waals surface area contributed by atoms with Crippen molar-refractivity contribution in [1.82, 2.24) is 4.98 Å². The number of rotatable bonds is 3. The second-order valence-corrected chi connectivity index (χ2v) is 5.45. The van der Waals surface area contributed by atoms with Crippen molar-refractivity contribution in [2.24, 2.45) is 0 Å². The van der Waals surface area contributed by atoms with Gasteiger partial charge in [0.15, 0.2) is 5.12 Å². The van der Waals surface area contributed by atoms with Crippen LogP contribution < -0.4 is 0 Å². The number of carboxylic acid groups (broad SMARTS) is 1. The first-order valence-electron chi connectivity index (χ1n) is 6.04. The SMILES string of the molecule is CC(=O)SCCC#Cc1ccc2[nH]c(C(=O)O)cc2c1. The van der Waals surface area contributed by atoms with Gasteiger partial charge in [0.25, 0.3) is 0 Å². The number of carbonyl (C=O) groups is 2. The molecule has 2 aromatic rings. The Bertz CT molecular complexity index is 722. The molecule has 0 fully saturated rings. The van der Waals surface area contributed by atoms with Gasteiger partial charge in [-0.3, -0.25) is 4.79 Å². The quantitative estimate of drug-likeness (QED) is 0.672. The monoisotopic (exact) mass is 287 g/mol. The maximum Gasteiger partial charge on any atom is 0.352 e. The normalized spacial score (nSPS) is 10.1. The predicted molar refractivity (Wildman–Crippen MR) is 79.9 cm³/mol. The van der Waals surface area contributed by atoms with Crippen LogP contribution in [0.15, 0.2) is 24.3 Å². The molecule has 0 unspecified atom stereocenters. The van der Waals surface area contributed by atoms with Gasteiger partial charge in [-0.1, -0.05) is 23.6 Å². The first-order chi connectivity index (χ1) is 9.56. The van der Waals surface area contributed by atoms with Crippen LogP contribution in [0.4, 0.5) is 0 Å². The van der Waals surface area contributed by atoms with E-state index < -0.39 is 5.97 Å². The van der Waals surface area contributed by atoms with Crippen molar-refractivity contribution in [1.29, 1.82) is 0 Å². The maximum atomic E-state index is 10.9. The first-order valence-corrected chi connectivity index (χ1v) is 7.03. The molecular weight excluding hydrogens is 274 g/mol. The summed E-state index contributed by atoms with van der Waals surface area (Å²) >= 11 is 1.26. The fourth-order valence-electron chi connectivity index (χ4n) is 1.74. The number of fused-ring (bicyclic) bond motifs is 1. The van der Waals surface area contributed by atoms with Crippen molar-refractivity contribution >= 4 is 33.7 Å². The average molecular weight is 287 g/mol. The highest BCUT2D eigenvalue weighted by atomic mass is 32.2. The third-order valence-electron chi connectivity index (χ3n) is 2.62. The summed E-state index contributed by atoms with van der Waals surface area (Å²) in [5.41, 5.74) is 1.78. The third-order valence-corrected chi connectivity index (χ3v) is 3.43. The van der Waals surface area contributed by atoms with E-state index >= 15 is 0 Å². The molecule has 0 saturated heterocycles. The largest absolute Gasteiger partial charge is 0.477 e. The molecular formula is C15H13NO3S. The molecule has 0 aliphatic heterocycles. The van der Waals surface area contributed by atoms with E-state index in [0.29, 0.717) is 12.2 Å². The molecule has 2 N–H and O–H groups in total. The molecule has 102 valence electrons. The molecule has 2 rings (SSSR count). The Balaban J connectivity index is 2.10. The molecule has 1 aromatic heterocycles. The Hall–Kier alpha value is -2.19. The number of nitrogens with one attached hydrogen (secondary N) is 1. The van der Waals surface area contributed by atoms with Crippen molar-refractivity contribution in [2.75, 3.05) is 5.75 Å². The number of H-pyrrole nitrogens is 1. The van der Waals surface area contributed by atoms with E-state index in [1.807, 2.05) is 18.2 Å². The van der Waals surface area contributed by atoms with Crippen molar-refractivity contribution in [3.8, 4) is 11.8 Å². The summed E-state index contributed by atoms with van der Waals surface area (Å²) in [7, 11) is 0. The van der Waals surface area contributed by atoms with Gasteiger partial charge in [0.1, 0.15) is 5.69 Å². The molecule has 0 aliphatic carbocycles. The summed E-state index contributed by atoms with van der Waals surface area (Å²) in [6, 6.07) is 7.10. The Labute approximate surface area is 120 Å². The minimum atomic E-state index is -0.977. The lowest BCUT2D eigenvalue weighted by Gasteiger charge is -1.92. The third kappa shape index (κ3) is 3.65. The molecule has 0 radical (unpaired) electrons. The summed E-state index contributed by atoms with van der Waals surface area (Å²) in [5.74, 6) is 5.73. The average Bonchev–Trinajstić information content (AvgIpc) is 2.81. The topological polar surface area (TPSA) is 70.2 Å². The van der Waals surface area contributed by atoms with Crippen LogP contribution in [0.5, 0.6) is 0 Å². The van der Waals surface area contributed by atoms with Crippen LogP contribution in [0, 0.1) is 11.8 Å². The van der Waals surface area contributed by atoms with Gasteiger partial charge >= 0.3 is 5.97 Å². The van der Waals surface area contributed by atoms with Crippen molar-refractivity contribution in [2.45, 2.75) is 13.3 Å². The van der Waals surface area contributed by atoms with Crippen LogP contribution in [-0.4, -0.2) is 26.9 Å². The second-order valence-electron chi connectivity index (χ2n) is 4.18. The van der Waals surface area contributed by atoms with Gasteiger partial charge in [0.2, 0.25) is 0 Å². The van der Waals surface area contributed by atoms with Gasteiger partial charge in [-0.2, -0.15) is 0 Å². The van der Waals surface area contributed by atoms with Crippen molar-refractivity contribution in [3.63, 3.8) is 0 Å². The summed E-state index contributed by atoms with van der Waals surface area (Å²) in [6.07, 6.45) is 0.649. The first kappa shape index (κ1) is 14.2. The number of hydrogen-bond donors (Lipinski definition) is 2. The van der Waals surface area contributed by atoms with E-state index in [9.17, 15) is 9.59 Å². The van der Waals surface area contributed by atoms with Crippen LogP contribution in [0.25, 0.3) is 10.9 Å². The van der Waals surface area contributed by atoms with Gasteiger partial charge in [-0.05, 0) is 24.3 Å². The Morgan fingerprint density at radius 2 is 2.15 bits per heavy atom. The van der Waals surface area contributed by atoms with Gasteiger partial charge < -0.3 is 10.1 Å². The van der Waals surface area contributed by atoms with E-state index in [1.165, 1.54) is 18.7 Å². The molecule has 0 saturated carbocycles. The number of thioether (sulfide) groups is 1. The molecule has 0 amide bonds. The molecule has 1 heterocycles. The second kappa shape index (κ2) is 6.31. The minimum absolute atomic E-state index is 0.0988. The van der Waals surface area contributed by atoms with E-state index in [-0.39, 0.29) is 10.8 Å². The summed E-state index contributed by atoms with van der Waals surface area (Å²) in [5, 5.41) is 9.84. The van der Waals surface area contributed by atoms with Gasteiger partial charge in [-0.25, -0.2) is 4.79 Å². The summed E-state index contributed by atoms with van der Waals surface area (Å²) in [4.78, 5) is 24.4. The van der Waals surface area contributed by atoms with Crippen LogP contribution >= 0.6 is 11.8 Å². The Morgan fingerprint density at radius 1 is 1.35 bits per heavy atom. The number of carboxylic acids is 1. The van der Waals surface area contributed by atoms with E-state index in [1.54, 1.807) is 6.07 Å². The zero-order chi connectivity index (χ0) is 14.5. The Morgan fingerprint density at radius 3 is 2.85 bits per heavy atom. The standard InChI is InChI=1S/C15H13NO3S/c1-10(17)20-7-3-2-4-11-5-6-13-12(8-11)9-14(16-13)15(18)19/h5-6,8-9,16H,3,7H2,1H3,(H,18,19). The molecule has 5 heteroatoms. The van der Waals surface area contributed by atoms with Crippen LogP contribution in [0.3, 0.4) is 0 Å². The highest BCUT2D eigenvalue weighted by molar-refractivity contribution is 8.13. The smallest absolute Gasteiger partial charge is 0.352 e. The number of carbonyl (C=O) groups excluding carboxylic acids is 1. The molecule has 0 atom stereocenters. The highest BCUT2D eigenvalue weighted by Gasteiger charge is 2.06. The van der Waals surface area contributed by atoms with E-state index in [0.717, 1.165) is 16.5 Å². The molecule has 4 nitrogen and oxygen atoms in total. The number of aromatic nitrogens is 1. The fraction of sp³-hybridized carbons (Fsp3) is 0.200. The van der Waals surface area contributed by atoms with Gasteiger partial charge in [0, 0.05) is 35.6 Å². The number of benzene rings is 1. The zero-order valence-corrected chi connectivity index (χ0v) is 11.7. The van der Waals surface area contributed by atoms with Gasteiger partial charge in [0.05, 0.1) is 0 Å². The van der Waals surface area contributed by atoms with Crippen molar-refractivity contribution in [3.05, 3.63) is 35.5 Å². The Kier molecular flexibility index (Phi) is 4.49. The van der Waals surface area contributed by atoms with Crippen molar-refractivity contribution < 1.29 is 14.7 Å². The molecule has 0 aliphatic rings. The predicted octanol–water partition coefficient (Wildman–Crippen LogP) is 2.89. The maximum absolute atomic E-state index is 10.9. The van der Waals surface area contributed by atoms with Gasteiger partial charge in [-0.15, -0.1) is 0 Å². The number of aromatic amines is 1. The molecule has 0 spiro atoms. The summed E-state index contributed by atoms with van der Waals surface area (Å²) in [6.45, 7) is 1.54. The minimum Gasteiger partial charge on any atom is -0.477 e.